The predicted molar refractivity (Wildman–Crippen MR) is 87.5 cm³/mol. The number of aliphatic imine (C=N–C) groups is 1. The van der Waals surface area contributed by atoms with Gasteiger partial charge in [0.15, 0.2) is 5.96 Å². The van der Waals surface area contributed by atoms with Gasteiger partial charge in [0.2, 0.25) is 0 Å². The van der Waals surface area contributed by atoms with Gasteiger partial charge in [-0.25, -0.2) is 9.38 Å². The average molecular weight is 307 g/mol. The predicted octanol–water partition coefficient (Wildman–Crippen LogP) is 2.57. The lowest BCUT2D eigenvalue weighted by atomic mass is 10.1. The third kappa shape index (κ3) is 4.44. The number of aryl methyl sites for hydroxylation is 1. The Bertz CT molecular complexity index is 519. The van der Waals surface area contributed by atoms with Crippen molar-refractivity contribution < 1.29 is 9.13 Å². The molecule has 1 aromatic rings. The minimum Gasteiger partial charge on any atom is -0.384 e. The number of likely N-dealkylation sites (tertiary alicyclic amines) is 1. The molecular weight excluding hydrogens is 281 g/mol. The van der Waals surface area contributed by atoms with Gasteiger partial charge in [0, 0.05) is 32.7 Å². The van der Waals surface area contributed by atoms with Crippen molar-refractivity contribution in [3.63, 3.8) is 0 Å². The molecular formula is C17H26FN3O. The molecule has 0 radical (unpaired) electrons. The van der Waals surface area contributed by atoms with Gasteiger partial charge in [0.25, 0.3) is 0 Å². The molecule has 1 aliphatic heterocycles. The van der Waals surface area contributed by atoms with Gasteiger partial charge in [0.1, 0.15) is 5.82 Å². The van der Waals surface area contributed by atoms with Crippen molar-refractivity contribution in [2.75, 3.05) is 33.4 Å². The van der Waals surface area contributed by atoms with Crippen molar-refractivity contribution >= 4 is 5.96 Å². The van der Waals surface area contributed by atoms with Crippen molar-refractivity contribution in [3.8, 4) is 0 Å². The summed E-state index contributed by atoms with van der Waals surface area (Å²) in [6.45, 7) is 7.89. The fourth-order valence-corrected chi connectivity index (χ4v) is 2.72. The first-order valence-electron chi connectivity index (χ1n) is 7.91. The summed E-state index contributed by atoms with van der Waals surface area (Å²) in [5.41, 5.74) is 1.56. The molecule has 4 nitrogen and oxygen atoms in total. The van der Waals surface area contributed by atoms with Crippen LogP contribution in [0.2, 0.25) is 0 Å². The summed E-state index contributed by atoms with van der Waals surface area (Å²) in [5.74, 6) is 1.30. The Morgan fingerprint density at radius 1 is 1.50 bits per heavy atom. The minimum absolute atomic E-state index is 0.168. The number of hydrogen-bond acceptors (Lipinski definition) is 2. The summed E-state index contributed by atoms with van der Waals surface area (Å²) in [6, 6.07) is 5.31. The van der Waals surface area contributed by atoms with Crippen LogP contribution in [-0.4, -0.2) is 44.2 Å². The maximum atomic E-state index is 13.6. The number of benzene rings is 1. The SMILES string of the molecule is CCNC(=NCc1ccc(C)c(F)c1)N1CCC(COC)C1. The Morgan fingerprint density at radius 2 is 2.32 bits per heavy atom. The molecule has 2 rings (SSSR count). The van der Waals surface area contributed by atoms with Gasteiger partial charge in [-0.2, -0.15) is 0 Å². The van der Waals surface area contributed by atoms with E-state index in [2.05, 4.69) is 22.1 Å². The molecule has 22 heavy (non-hydrogen) atoms. The molecule has 122 valence electrons. The van der Waals surface area contributed by atoms with Crippen molar-refractivity contribution in [3.05, 3.63) is 35.1 Å². The van der Waals surface area contributed by atoms with Crippen LogP contribution >= 0.6 is 0 Å². The third-order valence-corrected chi connectivity index (χ3v) is 3.97. The van der Waals surface area contributed by atoms with E-state index in [1.54, 1.807) is 26.2 Å². The first-order valence-corrected chi connectivity index (χ1v) is 7.91. The van der Waals surface area contributed by atoms with E-state index >= 15 is 0 Å². The number of guanidine groups is 1. The zero-order valence-corrected chi connectivity index (χ0v) is 13.7. The topological polar surface area (TPSA) is 36.9 Å². The molecule has 1 saturated heterocycles. The molecule has 1 aliphatic rings. The van der Waals surface area contributed by atoms with Gasteiger partial charge in [-0.05, 0) is 37.5 Å². The van der Waals surface area contributed by atoms with Gasteiger partial charge in [0.05, 0.1) is 13.2 Å². The van der Waals surface area contributed by atoms with E-state index < -0.39 is 0 Å². The summed E-state index contributed by atoms with van der Waals surface area (Å²) in [7, 11) is 1.74. The largest absolute Gasteiger partial charge is 0.384 e. The Morgan fingerprint density at radius 3 is 3.00 bits per heavy atom. The van der Waals surface area contributed by atoms with E-state index in [0.717, 1.165) is 44.2 Å². The Hall–Kier alpha value is -1.62. The molecule has 1 atom stereocenters. The highest BCUT2D eigenvalue weighted by Gasteiger charge is 2.24. The van der Waals surface area contributed by atoms with E-state index in [1.807, 2.05) is 6.07 Å². The van der Waals surface area contributed by atoms with Gasteiger partial charge < -0.3 is 15.0 Å². The Labute approximate surface area is 132 Å². The molecule has 5 heteroatoms. The Balaban J connectivity index is 2.02. The summed E-state index contributed by atoms with van der Waals surface area (Å²) in [6.07, 6.45) is 1.12. The normalized spacial score (nSPS) is 18.8. The molecule has 0 aliphatic carbocycles. The standard InChI is InChI=1S/C17H26FN3O/c1-4-19-17(21-8-7-15(11-21)12-22-3)20-10-14-6-5-13(2)16(18)9-14/h5-6,9,15H,4,7-8,10-12H2,1-3H3,(H,19,20). The lowest BCUT2D eigenvalue weighted by Crippen LogP contribution is -2.40. The first-order chi connectivity index (χ1) is 10.6. The molecule has 0 amide bonds. The number of hydrogen-bond donors (Lipinski definition) is 1. The zero-order chi connectivity index (χ0) is 15.9. The monoisotopic (exact) mass is 307 g/mol. The second-order valence-corrected chi connectivity index (χ2v) is 5.81. The van der Waals surface area contributed by atoms with Crippen LogP contribution in [0.1, 0.15) is 24.5 Å². The number of halogens is 1. The molecule has 0 spiro atoms. The summed E-state index contributed by atoms with van der Waals surface area (Å²) >= 11 is 0. The van der Waals surface area contributed by atoms with Crippen molar-refractivity contribution in [2.24, 2.45) is 10.9 Å². The van der Waals surface area contributed by atoms with Gasteiger partial charge in [-0.3, -0.25) is 0 Å². The van der Waals surface area contributed by atoms with Crippen LogP contribution < -0.4 is 5.32 Å². The molecule has 0 aromatic heterocycles. The van der Waals surface area contributed by atoms with Crippen molar-refractivity contribution in [2.45, 2.75) is 26.8 Å². The molecule has 1 heterocycles. The highest BCUT2D eigenvalue weighted by atomic mass is 19.1. The lowest BCUT2D eigenvalue weighted by Gasteiger charge is -2.21. The average Bonchev–Trinajstić information content (AvgIpc) is 2.96. The first kappa shape index (κ1) is 16.7. The second kappa shape index (κ2) is 8.13. The van der Waals surface area contributed by atoms with Crippen LogP contribution in [0.3, 0.4) is 0 Å². The van der Waals surface area contributed by atoms with Crippen LogP contribution in [0.25, 0.3) is 0 Å². The summed E-state index contributed by atoms with van der Waals surface area (Å²) in [5, 5.41) is 3.32. The summed E-state index contributed by atoms with van der Waals surface area (Å²) in [4.78, 5) is 6.92. The second-order valence-electron chi connectivity index (χ2n) is 5.81. The van der Waals surface area contributed by atoms with Gasteiger partial charge in [-0.1, -0.05) is 12.1 Å². The highest BCUT2D eigenvalue weighted by Crippen LogP contribution is 2.17. The van der Waals surface area contributed by atoms with Crippen molar-refractivity contribution in [1.82, 2.24) is 10.2 Å². The van der Waals surface area contributed by atoms with Crippen LogP contribution in [-0.2, 0) is 11.3 Å². The third-order valence-electron chi connectivity index (χ3n) is 3.97. The van der Waals surface area contributed by atoms with E-state index in [1.165, 1.54) is 0 Å². The number of methoxy groups -OCH3 is 1. The molecule has 1 fully saturated rings. The quantitative estimate of drug-likeness (QED) is 0.671. The fraction of sp³-hybridized carbons (Fsp3) is 0.588. The van der Waals surface area contributed by atoms with Crippen molar-refractivity contribution in [1.29, 1.82) is 0 Å². The maximum absolute atomic E-state index is 13.6. The zero-order valence-electron chi connectivity index (χ0n) is 13.7. The molecule has 1 N–H and O–H groups in total. The highest BCUT2D eigenvalue weighted by molar-refractivity contribution is 5.80. The van der Waals surface area contributed by atoms with E-state index in [0.29, 0.717) is 18.0 Å². The van der Waals surface area contributed by atoms with Gasteiger partial charge in [-0.15, -0.1) is 0 Å². The van der Waals surface area contributed by atoms with E-state index in [-0.39, 0.29) is 5.82 Å². The fourth-order valence-electron chi connectivity index (χ4n) is 2.72. The lowest BCUT2D eigenvalue weighted by molar-refractivity contribution is 0.157. The Kier molecular flexibility index (Phi) is 6.19. The van der Waals surface area contributed by atoms with Crippen LogP contribution in [0.15, 0.2) is 23.2 Å². The molecule has 0 saturated carbocycles. The number of nitrogens with zero attached hydrogens (tertiary/aromatic N) is 2. The molecule has 0 bridgehead atoms. The van der Waals surface area contributed by atoms with Crippen LogP contribution in [0.5, 0.6) is 0 Å². The number of ether oxygens (including phenoxy) is 1. The summed E-state index contributed by atoms with van der Waals surface area (Å²) < 4.78 is 18.8. The number of rotatable bonds is 5. The van der Waals surface area contributed by atoms with E-state index in [4.69, 9.17) is 4.74 Å². The van der Waals surface area contributed by atoms with Crippen LogP contribution in [0, 0.1) is 18.7 Å². The maximum Gasteiger partial charge on any atom is 0.194 e. The van der Waals surface area contributed by atoms with Crippen LogP contribution in [0.4, 0.5) is 4.39 Å². The van der Waals surface area contributed by atoms with Gasteiger partial charge >= 0.3 is 0 Å². The van der Waals surface area contributed by atoms with E-state index in [9.17, 15) is 4.39 Å². The smallest absolute Gasteiger partial charge is 0.194 e. The molecule has 1 aromatic carbocycles. The number of nitrogens with one attached hydrogen (secondary N) is 1. The minimum atomic E-state index is -0.168. The molecule has 1 unspecified atom stereocenters.